The zero-order valence-electron chi connectivity index (χ0n) is 12.0. The van der Waals surface area contributed by atoms with Gasteiger partial charge in [0.15, 0.2) is 0 Å². The Hall–Kier alpha value is -0.900. The van der Waals surface area contributed by atoms with E-state index in [-0.39, 0.29) is 5.54 Å². The van der Waals surface area contributed by atoms with E-state index in [1.807, 2.05) is 0 Å². The summed E-state index contributed by atoms with van der Waals surface area (Å²) in [5, 5.41) is 3.50. The fourth-order valence-corrected chi connectivity index (χ4v) is 1.56. The van der Waals surface area contributed by atoms with Crippen molar-refractivity contribution in [2.24, 2.45) is 0 Å². The molecule has 0 aromatic heterocycles. The number of rotatable bonds is 7. The maximum Gasteiger partial charge on any atom is 0.0721 e. The first-order valence-corrected chi connectivity index (χ1v) is 6.41. The second-order valence-corrected chi connectivity index (χ2v) is 5.42. The van der Waals surface area contributed by atoms with Crippen LogP contribution in [0.1, 0.15) is 31.9 Å². The van der Waals surface area contributed by atoms with Gasteiger partial charge >= 0.3 is 0 Å². The minimum Gasteiger partial charge on any atom is -0.382 e. The van der Waals surface area contributed by atoms with Crippen molar-refractivity contribution in [2.75, 3.05) is 20.3 Å². The number of benzene rings is 1. The number of hydrogen-bond donors (Lipinski definition) is 1. The van der Waals surface area contributed by atoms with Crippen LogP contribution in [0.5, 0.6) is 0 Å². The van der Waals surface area contributed by atoms with Crippen LogP contribution in [0.2, 0.25) is 0 Å². The predicted octanol–water partition coefficient (Wildman–Crippen LogP) is 2.74. The molecule has 3 heteroatoms. The van der Waals surface area contributed by atoms with Gasteiger partial charge in [0.1, 0.15) is 0 Å². The Kier molecular flexibility index (Phi) is 6.33. The van der Waals surface area contributed by atoms with Crippen molar-refractivity contribution in [2.45, 2.75) is 39.5 Å². The van der Waals surface area contributed by atoms with Crippen LogP contribution in [0.15, 0.2) is 24.3 Å². The summed E-state index contributed by atoms with van der Waals surface area (Å²) in [6, 6.07) is 8.38. The molecule has 0 spiro atoms. The lowest BCUT2D eigenvalue weighted by atomic mass is 10.1. The van der Waals surface area contributed by atoms with Gasteiger partial charge in [-0.1, -0.05) is 24.3 Å². The van der Waals surface area contributed by atoms with Crippen LogP contribution in [0, 0.1) is 0 Å². The minimum atomic E-state index is 0.129. The first-order valence-electron chi connectivity index (χ1n) is 6.41. The highest BCUT2D eigenvalue weighted by molar-refractivity contribution is 5.26. The van der Waals surface area contributed by atoms with E-state index in [0.29, 0.717) is 19.8 Å². The minimum absolute atomic E-state index is 0.129. The van der Waals surface area contributed by atoms with E-state index in [1.165, 1.54) is 11.1 Å². The number of nitrogens with one attached hydrogen (secondary N) is 1. The van der Waals surface area contributed by atoms with E-state index in [0.717, 1.165) is 6.54 Å². The van der Waals surface area contributed by atoms with Crippen LogP contribution in [0.3, 0.4) is 0 Å². The maximum atomic E-state index is 5.58. The van der Waals surface area contributed by atoms with Crippen molar-refractivity contribution in [3.8, 4) is 0 Å². The van der Waals surface area contributed by atoms with Gasteiger partial charge in [0, 0.05) is 19.2 Å². The standard InChI is InChI=1S/C15H25NO2/c1-15(2,3)16-11-13-7-5-6-8-14(13)12-18-10-9-17-4/h5-8,16H,9-12H2,1-4H3. The third kappa shape index (κ3) is 6.15. The first kappa shape index (κ1) is 15.2. The molecular formula is C15H25NO2. The predicted molar refractivity (Wildman–Crippen MR) is 74.6 cm³/mol. The number of ether oxygens (including phenoxy) is 2. The van der Waals surface area contributed by atoms with E-state index in [4.69, 9.17) is 9.47 Å². The molecule has 0 heterocycles. The first-order chi connectivity index (χ1) is 8.53. The van der Waals surface area contributed by atoms with Crippen LogP contribution < -0.4 is 5.32 Å². The van der Waals surface area contributed by atoms with E-state index in [9.17, 15) is 0 Å². The molecule has 1 N–H and O–H groups in total. The number of hydrogen-bond acceptors (Lipinski definition) is 3. The van der Waals surface area contributed by atoms with Gasteiger partial charge in [-0.3, -0.25) is 0 Å². The average Bonchev–Trinajstić information content (AvgIpc) is 2.32. The van der Waals surface area contributed by atoms with Crippen molar-refractivity contribution in [1.29, 1.82) is 0 Å². The molecule has 0 aliphatic rings. The van der Waals surface area contributed by atoms with Crippen molar-refractivity contribution < 1.29 is 9.47 Å². The number of methoxy groups -OCH3 is 1. The van der Waals surface area contributed by atoms with E-state index in [2.05, 4.69) is 50.4 Å². The summed E-state index contributed by atoms with van der Waals surface area (Å²) in [7, 11) is 1.69. The molecule has 0 radical (unpaired) electrons. The van der Waals surface area contributed by atoms with E-state index >= 15 is 0 Å². The smallest absolute Gasteiger partial charge is 0.0721 e. The highest BCUT2D eigenvalue weighted by atomic mass is 16.5. The van der Waals surface area contributed by atoms with Crippen LogP contribution in [0.4, 0.5) is 0 Å². The Morgan fingerprint density at radius 3 is 2.33 bits per heavy atom. The molecular weight excluding hydrogens is 226 g/mol. The third-order valence-electron chi connectivity index (χ3n) is 2.62. The monoisotopic (exact) mass is 251 g/mol. The largest absolute Gasteiger partial charge is 0.382 e. The highest BCUT2D eigenvalue weighted by Crippen LogP contribution is 2.11. The molecule has 1 rings (SSSR count). The second kappa shape index (κ2) is 7.52. The molecule has 0 atom stereocenters. The van der Waals surface area contributed by atoms with E-state index < -0.39 is 0 Å². The third-order valence-corrected chi connectivity index (χ3v) is 2.62. The average molecular weight is 251 g/mol. The van der Waals surface area contributed by atoms with Crippen LogP contribution in [-0.4, -0.2) is 25.9 Å². The van der Waals surface area contributed by atoms with Crippen molar-refractivity contribution in [1.82, 2.24) is 5.32 Å². The fourth-order valence-electron chi connectivity index (χ4n) is 1.56. The Balaban J connectivity index is 2.51. The van der Waals surface area contributed by atoms with Gasteiger partial charge in [-0.15, -0.1) is 0 Å². The summed E-state index contributed by atoms with van der Waals surface area (Å²) in [5.74, 6) is 0. The molecule has 0 bridgehead atoms. The van der Waals surface area contributed by atoms with Crippen molar-refractivity contribution in [3.05, 3.63) is 35.4 Å². The maximum absolute atomic E-state index is 5.58. The van der Waals surface area contributed by atoms with E-state index in [1.54, 1.807) is 7.11 Å². The molecule has 0 fully saturated rings. The molecule has 102 valence electrons. The zero-order valence-corrected chi connectivity index (χ0v) is 12.0. The molecule has 1 aromatic rings. The normalized spacial score (nSPS) is 11.8. The van der Waals surface area contributed by atoms with Gasteiger partial charge in [-0.2, -0.15) is 0 Å². The van der Waals surface area contributed by atoms with Gasteiger partial charge in [-0.25, -0.2) is 0 Å². The summed E-state index contributed by atoms with van der Waals surface area (Å²) in [6.45, 7) is 9.30. The van der Waals surface area contributed by atoms with Crippen LogP contribution >= 0.6 is 0 Å². The molecule has 18 heavy (non-hydrogen) atoms. The lowest BCUT2D eigenvalue weighted by Crippen LogP contribution is -2.35. The molecule has 1 aromatic carbocycles. The molecule has 0 saturated carbocycles. The summed E-state index contributed by atoms with van der Waals surface area (Å²) in [4.78, 5) is 0. The van der Waals surface area contributed by atoms with Gasteiger partial charge in [0.05, 0.1) is 19.8 Å². The summed E-state index contributed by atoms with van der Waals surface area (Å²) in [5.41, 5.74) is 2.67. The lowest BCUT2D eigenvalue weighted by molar-refractivity contribution is 0.0613. The second-order valence-electron chi connectivity index (χ2n) is 5.42. The Morgan fingerprint density at radius 2 is 1.72 bits per heavy atom. The van der Waals surface area contributed by atoms with Gasteiger partial charge < -0.3 is 14.8 Å². The van der Waals surface area contributed by atoms with Gasteiger partial charge in [0.2, 0.25) is 0 Å². The van der Waals surface area contributed by atoms with Crippen LogP contribution in [0.25, 0.3) is 0 Å². The Bertz CT molecular complexity index is 345. The molecule has 0 aliphatic heterocycles. The summed E-state index contributed by atoms with van der Waals surface area (Å²) < 4.78 is 10.5. The Labute approximate surface area is 110 Å². The fraction of sp³-hybridized carbons (Fsp3) is 0.600. The van der Waals surface area contributed by atoms with Gasteiger partial charge in [-0.05, 0) is 31.9 Å². The summed E-state index contributed by atoms with van der Waals surface area (Å²) in [6.07, 6.45) is 0. The zero-order chi connectivity index (χ0) is 13.4. The summed E-state index contributed by atoms with van der Waals surface area (Å²) >= 11 is 0. The lowest BCUT2D eigenvalue weighted by Gasteiger charge is -2.21. The Morgan fingerprint density at radius 1 is 1.06 bits per heavy atom. The highest BCUT2D eigenvalue weighted by Gasteiger charge is 2.10. The van der Waals surface area contributed by atoms with Crippen LogP contribution in [-0.2, 0) is 22.6 Å². The van der Waals surface area contributed by atoms with Crippen molar-refractivity contribution >= 4 is 0 Å². The molecule has 0 aliphatic carbocycles. The van der Waals surface area contributed by atoms with Crippen molar-refractivity contribution in [3.63, 3.8) is 0 Å². The molecule has 0 amide bonds. The topological polar surface area (TPSA) is 30.5 Å². The molecule has 0 unspecified atom stereocenters. The SMILES string of the molecule is COCCOCc1ccccc1CNC(C)(C)C. The molecule has 0 saturated heterocycles. The van der Waals surface area contributed by atoms with Gasteiger partial charge in [0.25, 0.3) is 0 Å². The quantitative estimate of drug-likeness (QED) is 0.756. The molecule has 3 nitrogen and oxygen atoms in total.